The second-order valence-electron chi connectivity index (χ2n) is 5.91. The van der Waals surface area contributed by atoms with Crippen LogP contribution in [0.3, 0.4) is 0 Å². The molecule has 8 heteroatoms. The molecule has 1 aromatic carbocycles. The van der Waals surface area contributed by atoms with Gasteiger partial charge in [0.05, 0.1) is 5.75 Å². The first kappa shape index (κ1) is 18.5. The predicted octanol–water partition coefficient (Wildman–Crippen LogP) is 3.38. The number of carbonyl (C=O) groups excluding carboxylic acids is 1. The van der Waals surface area contributed by atoms with Gasteiger partial charge in [0, 0.05) is 36.9 Å². The fraction of sp³-hybridized carbons (Fsp3) is 0.278. The molecule has 6 nitrogen and oxygen atoms in total. The number of rotatable bonds is 8. The minimum atomic E-state index is -0.0552. The van der Waals surface area contributed by atoms with Crippen LogP contribution in [0, 0.1) is 0 Å². The van der Waals surface area contributed by atoms with E-state index < -0.39 is 0 Å². The van der Waals surface area contributed by atoms with Crippen molar-refractivity contribution in [3.05, 3.63) is 53.0 Å². The molecule has 0 aliphatic heterocycles. The minimum Gasteiger partial charge on any atom is -0.378 e. The lowest BCUT2D eigenvalue weighted by molar-refractivity contribution is -0.113. The monoisotopic (exact) mass is 387 g/mol. The number of aryl methyl sites for hydroxylation is 2. The van der Waals surface area contributed by atoms with Crippen LogP contribution in [-0.4, -0.2) is 40.5 Å². The first-order valence-corrected chi connectivity index (χ1v) is 10.1. The summed E-state index contributed by atoms with van der Waals surface area (Å²) in [5.41, 5.74) is 1.89. The third kappa shape index (κ3) is 5.09. The molecule has 0 saturated heterocycles. The van der Waals surface area contributed by atoms with Gasteiger partial charge in [0.1, 0.15) is 6.33 Å². The first-order chi connectivity index (χ1) is 12.6. The molecule has 0 radical (unpaired) electrons. The summed E-state index contributed by atoms with van der Waals surface area (Å²) in [4.78, 5) is 15.5. The fourth-order valence-electron chi connectivity index (χ4n) is 2.37. The quantitative estimate of drug-likeness (QED) is 0.601. The number of anilines is 2. The summed E-state index contributed by atoms with van der Waals surface area (Å²) in [5, 5.41) is 13.8. The zero-order valence-corrected chi connectivity index (χ0v) is 16.4. The highest BCUT2D eigenvalue weighted by Gasteiger charge is 2.09. The molecule has 3 aromatic rings. The molecule has 26 heavy (non-hydrogen) atoms. The average molecular weight is 388 g/mol. The van der Waals surface area contributed by atoms with Crippen molar-refractivity contribution in [3.8, 4) is 0 Å². The molecule has 1 amide bonds. The number of hydrogen-bond donors (Lipinski definition) is 1. The molecule has 0 spiro atoms. The van der Waals surface area contributed by atoms with Crippen LogP contribution >= 0.6 is 23.1 Å². The van der Waals surface area contributed by atoms with Crippen molar-refractivity contribution in [3.63, 3.8) is 0 Å². The van der Waals surface area contributed by atoms with Gasteiger partial charge in [-0.15, -0.1) is 21.5 Å². The van der Waals surface area contributed by atoms with Crippen LogP contribution in [0.5, 0.6) is 0 Å². The summed E-state index contributed by atoms with van der Waals surface area (Å²) < 4.78 is 1.99. The number of aromatic nitrogens is 3. The van der Waals surface area contributed by atoms with Crippen molar-refractivity contribution in [2.45, 2.75) is 18.1 Å². The highest BCUT2D eigenvalue weighted by atomic mass is 32.2. The number of hydrogen-bond acceptors (Lipinski definition) is 6. The lowest BCUT2D eigenvalue weighted by atomic mass is 10.2. The summed E-state index contributed by atoms with van der Waals surface area (Å²) in [6, 6.07) is 11.9. The van der Waals surface area contributed by atoms with Crippen LogP contribution in [0.15, 0.2) is 53.3 Å². The Labute approximate surface area is 161 Å². The molecule has 0 aliphatic rings. The van der Waals surface area contributed by atoms with E-state index in [1.165, 1.54) is 16.6 Å². The topological polar surface area (TPSA) is 63.1 Å². The van der Waals surface area contributed by atoms with Crippen molar-refractivity contribution in [1.82, 2.24) is 14.8 Å². The van der Waals surface area contributed by atoms with Gasteiger partial charge in [-0.1, -0.05) is 17.8 Å². The molecule has 2 heterocycles. The molecule has 3 rings (SSSR count). The van der Waals surface area contributed by atoms with Crippen molar-refractivity contribution in [2.24, 2.45) is 0 Å². The van der Waals surface area contributed by atoms with Crippen molar-refractivity contribution >= 4 is 40.4 Å². The Morgan fingerprint density at radius 2 is 2.08 bits per heavy atom. The van der Waals surface area contributed by atoms with Crippen LogP contribution in [0.1, 0.15) is 4.88 Å². The standard InChI is InChI=1S/C18H21N5OS2/c1-22(2)15-7-5-14(6-8-15)20-17(24)12-26-18-21-19-13-23(18)10-9-16-4-3-11-25-16/h3-8,11,13H,9-10,12H2,1-2H3,(H,20,24). The summed E-state index contributed by atoms with van der Waals surface area (Å²) in [5.74, 6) is 0.244. The molecule has 136 valence electrons. The molecule has 2 aromatic heterocycles. The largest absolute Gasteiger partial charge is 0.378 e. The summed E-state index contributed by atoms with van der Waals surface area (Å²) in [6.07, 6.45) is 2.65. The van der Waals surface area contributed by atoms with Crippen LogP contribution in [0.4, 0.5) is 11.4 Å². The Bertz CT molecular complexity index is 828. The highest BCUT2D eigenvalue weighted by molar-refractivity contribution is 7.99. The number of carbonyl (C=O) groups is 1. The van der Waals surface area contributed by atoms with Gasteiger partial charge in [-0.25, -0.2) is 0 Å². The lowest BCUT2D eigenvalue weighted by Gasteiger charge is -2.13. The maximum atomic E-state index is 12.2. The van der Waals surface area contributed by atoms with Gasteiger partial charge < -0.3 is 14.8 Å². The lowest BCUT2D eigenvalue weighted by Crippen LogP contribution is -2.15. The molecule has 0 unspecified atom stereocenters. The van der Waals surface area contributed by atoms with E-state index in [9.17, 15) is 4.79 Å². The zero-order valence-electron chi connectivity index (χ0n) is 14.8. The van der Waals surface area contributed by atoms with Crippen LogP contribution in [-0.2, 0) is 17.8 Å². The van der Waals surface area contributed by atoms with E-state index in [0.29, 0.717) is 5.75 Å². The minimum absolute atomic E-state index is 0.0552. The number of thioether (sulfide) groups is 1. The van der Waals surface area contributed by atoms with Gasteiger partial charge in [0.25, 0.3) is 0 Å². The van der Waals surface area contributed by atoms with E-state index in [0.717, 1.165) is 29.5 Å². The van der Waals surface area contributed by atoms with Crippen molar-refractivity contribution in [1.29, 1.82) is 0 Å². The number of amides is 1. The van der Waals surface area contributed by atoms with E-state index in [1.807, 2.05) is 47.8 Å². The van der Waals surface area contributed by atoms with Gasteiger partial charge in [-0.2, -0.15) is 0 Å². The zero-order chi connectivity index (χ0) is 18.4. The van der Waals surface area contributed by atoms with Crippen LogP contribution in [0.2, 0.25) is 0 Å². The van der Waals surface area contributed by atoms with Gasteiger partial charge in [-0.3, -0.25) is 4.79 Å². The number of thiophene rings is 1. The second kappa shape index (κ2) is 8.86. The van der Waals surface area contributed by atoms with Gasteiger partial charge >= 0.3 is 0 Å². The Kier molecular flexibility index (Phi) is 6.30. The fourth-order valence-corrected chi connectivity index (χ4v) is 3.80. The van der Waals surface area contributed by atoms with Gasteiger partial charge in [0.15, 0.2) is 5.16 Å². The predicted molar refractivity (Wildman–Crippen MR) is 108 cm³/mol. The van der Waals surface area contributed by atoms with Gasteiger partial charge in [0.2, 0.25) is 5.91 Å². The highest BCUT2D eigenvalue weighted by Crippen LogP contribution is 2.19. The van der Waals surface area contributed by atoms with E-state index in [4.69, 9.17) is 0 Å². The van der Waals surface area contributed by atoms with Crippen LogP contribution < -0.4 is 10.2 Å². The third-order valence-corrected chi connectivity index (χ3v) is 5.68. The molecule has 0 bridgehead atoms. The summed E-state index contributed by atoms with van der Waals surface area (Å²) in [7, 11) is 3.97. The average Bonchev–Trinajstić information content (AvgIpc) is 3.30. The molecule has 0 atom stereocenters. The Morgan fingerprint density at radius 1 is 1.27 bits per heavy atom. The first-order valence-electron chi connectivity index (χ1n) is 8.22. The van der Waals surface area contributed by atoms with E-state index >= 15 is 0 Å². The Hall–Kier alpha value is -2.32. The third-order valence-electron chi connectivity index (χ3n) is 3.76. The maximum Gasteiger partial charge on any atom is 0.234 e. The summed E-state index contributed by atoms with van der Waals surface area (Å²) in [6.45, 7) is 0.809. The van der Waals surface area contributed by atoms with Gasteiger partial charge in [-0.05, 0) is 42.1 Å². The van der Waals surface area contributed by atoms with E-state index in [2.05, 4.69) is 33.0 Å². The van der Waals surface area contributed by atoms with Crippen LogP contribution in [0.25, 0.3) is 0 Å². The van der Waals surface area contributed by atoms with E-state index in [1.54, 1.807) is 17.7 Å². The number of nitrogens with one attached hydrogen (secondary N) is 1. The van der Waals surface area contributed by atoms with Crippen molar-refractivity contribution in [2.75, 3.05) is 30.1 Å². The molecule has 0 aliphatic carbocycles. The molecular formula is C18H21N5OS2. The van der Waals surface area contributed by atoms with E-state index in [-0.39, 0.29) is 5.91 Å². The molecule has 0 fully saturated rings. The maximum absolute atomic E-state index is 12.2. The normalized spacial score (nSPS) is 10.7. The SMILES string of the molecule is CN(C)c1ccc(NC(=O)CSc2nncn2CCc2cccs2)cc1. The number of nitrogens with zero attached hydrogens (tertiary/aromatic N) is 4. The molecule has 0 saturated carbocycles. The molecular weight excluding hydrogens is 366 g/mol. The Balaban J connectivity index is 1.49. The molecule has 1 N–H and O–H groups in total. The second-order valence-corrected chi connectivity index (χ2v) is 7.89. The smallest absolute Gasteiger partial charge is 0.234 e. The number of benzene rings is 1. The Morgan fingerprint density at radius 3 is 2.77 bits per heavy atom. The van der Waals surface area contributed by atoms with Crippen molar-refractivity contribution < 1.29 is 4.79 Å². The summed E-state index contributed by atoms with van der Waals surface area (Å²) >= 11 is 3.14.